The lowest BCUT2D eigenvalue weighted by Gasteiger charge is -2.29. The maximum Gasteiger partial charge on any atom is 0.416 e. The van der Waals surface area contributed by atoms with E-state index in [1.807, 2.05) is 0 Å². The molecule has 2 unspecified atom stereocenters. The molecule has 1 aliphatic heterocycles. The first-order valence-electron chi connectivity index (χ1n) is 14.9. The fraction of sp³-hybridized carbons (Fsp3) is 0.412. The Morgan fingerprint density at radius 3 is 2.09 bits per heavy atom. The van der Waals surface area contributed by atoms with Gasteiger partial charge in [-0.15, -0.1) is 0 Å². The number of carboxylic acid groups (broad SMARTS) is 2. The summed E-state index contributed by atoms with van der Waals surface area (Å²) in [6.07, 6.45) is 2.62. The first kappa shape index (κ1) is 37.6. The van der Waals surface area contributed by atoms with Gasteiger partial charge in [0.2, 0.25) is 0 Å². The van der Waals surface area contributed by atoms with Crippen LogP contribution >= 0.6 is 12.8 Å². The fourth-order valence-corrected chi connectivity index (χ4v) is 5.76. The Balaban J connectivity index is 0.000000703. The number of benzene rings is 3. The molecular formula is C34H43F3N2O5S. The number of nitrogens with one attached hydrogen (secondary N) is 2. The van der Waals surface area contributed by atoms with Crippen LogP contribution in [0.25, 0.3) is 11.1 Å². The lowest BCUT2D eigenvalue weighted by atomic mass is 9.78. The molecule has 0 aromatic heterocycles. The largest absolute Gasteiger partial charge is 0.493 e. The van der Waals surface area contributed by atoms with Crippen molar-refractivity contribution >= 4 is 25.8 Å². The van der Waals surface area contributed by atoms with Crippen molar-refractivity contribution in [3.8, 4) is 16.9 Å². The van der Waals surface area contributed by atoms with Crippen LogP contribution in [0.1, 0.15) is 67.1 Å². The Labute approximate surface area is 268 Å². The van der Waals surface area contributed by atoms with Crippen molar-refractivity contribution in [3.05, 3.63) is 89.5 Å². The number of alkyl halides is 3. The van der Waals surface area contributed by atoms with Gasteiger partial charge in [-0.25, -0.2) is 0 Å². The second-order valence-corrected chi connectivity index (χ2v) is 11.2. The van der Waals surface area contributed by atoms with Crippen LogP contribution in [0.2, 0.25) is 0 Å². The van der Waals surface area contributed by atoms with E-state index in [-0.39, 0.29) is 12.9 Å². The molecule has 0 radical (unpaired) electrons. The molecule has 1 aliphatic carbocycles. The molecule has 0 bridgehead atoms. The van der Waals surface area contributed by atoms with Gasteiger partial charge in [0.15, 0.2) is 0 Å². The molecule has 1 saturated heterocycles. The van der Waals surface area contributed by atoms with Gasteiger partial charge >= 0.3 is 6.18 Å². The zero-order valence-corrected chi connectivity index (χ0v) is 26.3. The predicted molar refractivity (Wildman–Crippen MR) is 174 cm³/mol. The van der Waals surface area contributed by atoms with Crippen LogP contribution in [-0.4, -0.2) is 49.9 Å². The summed E-state index contributed by atoms with van der Waals surface area (Å²) in [5.74, 6) is 2.00. The molecule has 11 heteroatoms. The van der Waals surface area contributed by atoms with Gasteiger partial charge in [0, 0.05) is 6.54 Å². The van der Waals surface area contributed by atoms with E-state index >= 15 is 0 Å². The van der Waals surface area contributed by atoms with Crippen molar-refractivity contribution in [1.82, 2.24) is 10.0 Å². The zero-order chi connectivity index (χ0) is 33.1. The molecule has 3 atom stereocenters. The van der Waals surface area contributed by atoms with Gasteiger partial charge in [-0.05, 0) is 110 Å². The lowest BCUT2D eigenvalue weighted by Crippen LogP contribution is -2.28. The highest BCUT2D eigenvalue weighted by Crippen LogP contribution is 2.38. The van der Waals surface area contributed by atoms with E-state index in [2.05, 4.69) is 71.4 Å². The Hall–Kier alpha value is -3.54. The molecule has 2 fully saturated rings. The zero-order valence-electron chi connectivity index (χ0n) is 25.4. The van der Waals surface area contributed by atoms with Gasteiger partial charge in [-0.2, -0.15) is 13.2 Å². The highest BCUT2D eigenvalue weighted by molar-refractivity contribution is 7.78. The number of rotatable bonds is 6. The van der Waals surface area contributed by atoms with Crippen molar-refractivity contribution in [2.75, 3.05) is 26.7 Å². The van der Waals surface area contributed by atoms with Gasteiger partial charge in [0.25, 0.3) is 12.9 Å². The molecule has 3 aromatic carbocycles. The van der Waals surface area contributed by atoms with Gasteiger partial charge in [0.05, 0.1) is 12.2 Å². The van der Waals surface area contributed by atoms with Crippen LogP contribution in [0.3, 0.4) is 0 Å². The van der Waals surface area contributed by atoms with Crippen LogP contribution < -0.4 is 14.8 Å². The summed E-state index contributed by atoms with van der Waals surface area (Å²) in [5, 5.41) is 17.3. The molecular weight excluding hydrogens is 605 g/mol. The average molecular weight is 649 g/mol. The molecule has 1 heterocycles. The van der Waals surface area contributed by atoms with Crippen molar-refractivity contribution < 1.29 is 37.7 Å². The molecule has 3 aromatic rings. The van der Waals surface area contributed by atoms with E-state index in [0.29, 0.717) is 30.1 Å². The Morgan fingerprint density at radius 1 is 0.889 bits per heavy atom. The lowest BCUT2D eigenvalue weighted by molar-refractivity contribution is -0.137. The number of carbonyl (C=O) groups is 2. The van der Waals surface area contributed by atoms with Crippen molar-refractivity contribution in [1.29, 1.82) is 0 Å². The summed E-state index contributed by atoms with van der Waals surface area (Å²) in [5.41, 5.74) is 4.67. The normalized spacial score (nSPS) is 19.2. The molecule has 0 spiro atoms. The molecule has 0 amide bonds. The number of thiol groups is 1. The number of hydrogen-bond acceptors (Lipinski definition) is 6. The van der Waals surface area contributed by atoms with Crippen LogP contribution in [0.4, 0.5) is 13.2 Å². The van der Waals surface area contributed by atoms with Crippen molar-refractivity contribution in [2.45, 2.75) is 56.5 Å². The van der Waals surface area contributed by atoms with Gasteiger partial charge in [0.1, 0.15) is 5.75 Å². The third-order valence-corrected chi connectivity index (χ3v) is 7.82. The predicted octanol–water partition coefficient (Wildman–Crippen LogP) is 7.64. The number of ether oxygens (including phenoxy) is 1. The van der Waals surface area contributed by atoms with E-state index in [1.165, 1.54) is 53.6 Å². The third kappa shape index (κ3) is 13.2. The molecule has 5 rings (SSSR count). The van der Waals surface area contributed by atoms with Crippen LogP contribution in [-0.2, 0) is 15.8 Å². The highest BCUT2D eigenvalue weighted by Gasteiger charge is 2.30. The highest BCUT2D eigenvalue weighted by atomic mass is 32.1. The van der Waals surface area contributed by atoms with E-state index in [9.17, 15) is 13.2 Å². The van der Waals surface area contributed by atoms with Crippen LogP contribution in [0.15, 0.2) is 72.8 Å². The minimum atomic E-state index is -4.32. The first-order valence-corrected chi connectivity index (χ1v) is 15.3. The Bertz CT molecular complexity index is 1250. The van der Waals surface area contributed by atoms with E-state index in [4.69, 9.17) is 24.5 Å². The van der Waals surface area contributed by atoms with Crippen LogP contribution in [0, 0.1) is 5.92 Å². The first-order chi connectivity index (χ1) is 21.7. The smallest absolute Gasteiger partial charge is 0.416 e. The number of halogens is 3. The topological polar surface area (TPSA) is 108 Å². The number of hydrogen-bond donors (Lipinski definition) is 5. The summed E-state index contributed by atoms with van der Waals surface area (Å²) in [6.45, 7) is 2.23. The Morgan fingerprint density at radius 2 is 1.51 bits per heavy atom. The van der Waals surface area contributed by atoms with E-state index in [0.717, 1.165) is 44.5 Å². The summed E-state index contributed by atoms with van der Waals surface area (Å²) < 4.78 is 46.6. The van der Waals surface area contributed by atoms with Crippen molar-refractivity contribution in [3.63, 3.8) is 0 Å². The molecule has 2 aliphatic rings. The van der Waals surface area contributed by atoms with E-state index < -0.39 is 11.7 Å². The quantitative estimate of drug-likeness (QED) is 0.138. The summed E-state index contributed by atoms with van der Waals surface area (Å²) in [7, 11) is 1.74. The van der Waals surface area contributed by atoms with Gasteiger partial charge in [-0.1, -0.05) is 67.8 Å². The molecule has 7 nitrogen and oxygen atoms in total. The molecule has 45 heavy (non-hydrogen) atoms. The van der Waals surface area contributed by atoms with Crippen molar-refractivity contribution in [2.24, 2.45) is 5.92 Å². The van der Waals surface area contributed by atoms with Crippen LogP contribution in [0.5, 0.6) is 5.75 Å². The fourth-order valence-electron chi connectivity index (χ4n) is 5.76. The molecule has 246 valence electrons. The van der Waals surface area contributed by atoms with E-state index in [1.54, 1.807) is 7.05 Å². The minimum Gasteiger partial charge on any atom is -0.493 e. The summed E-state index contributed by atoms with van der Waals surface area (Å²) >= 11 is 3.54. The number of piperidine rings is 1. The summed E-state index contributed by atoms with van der Waals surface area (Å²) in [6, 6.07) is 23.0. The maximum atomic E-state index is 12.8. The standard InChI is InChI=1S/C31H34F3NO.CH5NS.2CH2O2/c32-31(33,34)29-13-15-30(16-14-29)36-21-22-4-1-5-25(18-22)23-9-11-24(12-10-23)26-6-2-7-27(19-26)28-8-3-17-35-20-28;1-2-3;2*2-1-3/h2,6-7,9-16,19,22,25,28,35H,1,3-5,8,17-18,20-21H2;2-3H,1H3;2*1H,(H,2,3)/t22?,25?,28-;;;/m0.../s1. The summed E-state index contributed by atoms with van der Waals surface area (Å²) in [4.78, 5) is 16.7. The SMILES string of the molecule is CNS.FC(F)(F)c1ccc(OCC2CCCC(c3ccc(-c4cccc([C@H]5CCCNC5)c4)cc3)C2)cc1.O=CO.O=CO. The second-order valence-electron chi connectivity index (χ2n) is 10.8. The monoisotopic (exact) mass is 648 g/mol. The third-order valence-electron chi connectivity index (χ3n) is 7.82. The van der Waals surface area contributed by atoms with Gasteiger partial charge in [-0.3, -0.25) is 14.3 Å². The average Bonchev–Trinajstić information content (AvgIpc) is 3.05. The second kappa shape index (κ2) is 20.5. The minimum absolute atomic E-state index is 0.250. The molecule has 1 saturated carbocycles. The van der Waals surface area contributed by atoms with Gasteiger partial charge < -0.3 is 20.3 Å². The maximum absolute atomic E-state index is 12.8. The Kier molecular flexibility index (Phi) is 17.1. The molecule has 4 N–H and O–H groups in total.